The Labute approximate surface area is 87.4 Å². The van der Waals surface area contributed by atoms with E-state index in [0.717, 1.165) is 0 Å². The number of aliphatic hydroxyl groups excluding tert-OH is 5. The average molecular weight is 219 g/mol. The zero-order chi connectivity index (χ0) is 11.2. The predicted octanol–water partition coefficient (Wildman–Crippen LogP) is -3.12. The zero-order valence-corrected chi connectivity index (χ0v) is 8.32. The number of hydrogen-bond donors (Lipinski definition) is 5. The standard InChI is InChI=1S/C9H17NO5/c11-3-9(4-12)8(15)7(14)6-1-5(13)2-10(6)9/h5-8,11-15H,1-4H2/t5-,6-,7-,8-/m1/s1. The Morgan fingerprint density at radius 1 is 1.13 bits per heavy atom. The molecule has 0 aromatic carbocycles. The second-order valence-corrected chi connectivity index (χ2v) is 4.46. The molecule has 2 saturated heterocycles. The minimum Gasteiger partial charge on any atom is -0.394 e. The lowest BCUT2D eigenvalue weighted by molar-refractivity contribution is -0.0687. The van der Waals surface area contributed by atoms with Crippen LogP contribution >= 0.6 is 0 Å². The molecule has 88 valence electrons. The highest BCUT2D eigenvalue weighted by molar-refractivity contribution is 5.14. The molecule has 0 radical (unpaired) electrons. The normalized spacial score (nSPS) is 44.6. The molecule has 4 atom stereocenters. The number of hydrogen-bond acceptors (Lipinski definition) is 6. The minimum atomic E-state index is -1.22. The summed E-state index contributed by atoms with van der Waals surface area (Å²) in [7, 11) is 0. The van der Waals surface area contributed by atoms with Gasteiger partial charge in [0, 0.05) is 12.6 Å². The van der Waals surface area contributed by atoms with Crippen LogP contribution < -0.4 is 0 Å². The summed E-state index contributed by atoms with van der Waals surface area (Å²) in [5, 5.41) is 47.6. The fourth-order valence-electron chi connectivity index (χ4n) is 2.80. The van der Waals surface area contributed by atoms with Crippen molar-refractivity contribution in [3.8, 4) is 0 Å². The van der Waals surface area contributed by atoms with Crippen LogP contribution in [0.3, 0.4) is 0 Å². The topological polar surface area (TPSA) is 104 Å². The maximum absolute atomic E-state index is 9.81. The lowest BCUT2D eigenvalue weighted by Crippen LogP contribution is -2.57. The van der Waals surface area contributed by atoms with Crippen LogP contribution in [-0.2, 0) is 0 Å². The molecule has 2 rings (SSSR count). The molecule has 2 aliphatic heterocycles. The minimum absolute atomic E-state index is 0.264. The van der Waals surface area contributed by atoms with E-state index in [4.69, 9.17) is 0 Å². The Kier molecular flexibility index (Phi) is 2.74. The summed E-state index contributed by atoms with van der Waals surface area (Å²) in [6.45, 7) is -0.615. The Morgan fingerprint density at radius 3 is 2.27 bits per heavy atom. The molecule has 2 aliphatic rings. The van der Waals surface area contributed by atoms with Crippen LogP contribution in [0.5, 0.6) is 0 Å². The van der Waals surface area contributed by atoms with E-state index in [0.29, 0.717) is 6.42 Å². The molecule has 0 saturated carbocycles. The highest BCUT2D eigenvalue weighted by atomic mass is 16.3. The van der Waals surface area contributed by atoms with Gasteiger partial charge in [0.05, 0.1) is 31.0 Å². The molecule has 5 N–H and O–H groups in total. The Hall–Kier alpha value is -0.240. The third-order valence-electron chi connectivity index (χ3n) is 3.71. The molecule has 2 heterocycles. The molecule has 0 amide bonds. The van der Waals surface area contributed by atoms with E-state index in [1.165, 1.54) is 0 Å². The fourth-order valence-corrected chi connectivity index (χ4v) is 2.80. The van der Waals surface area contributed by atoms with Crippen molar-refractivity contribution in [2.75, 3.05) is 19.8 Å². The van der Waals surface area contributed by atoms with Crippen LogP contribution in [0.2, 0.25) is 0 Å². The summed E-state index contributed by atoms with van der Waals surface area (Å²) in [5.41, 5.74) is -1.22. The van der Waals surface area contributed by atoms with Crippen molar-refractivity contribution in [2.45, 2.75) is 36.3 Å². The van der Waals surface area contributed by atoms with Crippen molar-refractivity contribution < 1.29 is 25.5 Å². The van der Waals surface area contributed by atoms with Crippen LogP contribution in [0.4, 0.5) is 0 Å². The van der Waals surface area contributed by atoms with Gasteiger partial charge < -0.3 is 25.5 Å². The van der Waals surface area contributed by atoms with E-state index in [2.05, 4.69) is 0 Å². The molecule has 0 bridgehead atoms. The molecule has 0 unspecified atom stereocenters. The van der Waals surface area contributed by atoms with Crippen LogP contribution in [0.15, 0.2) is 0 Å². The summed E-state index contributed by atoms with van der Waals surface area (Å²) in [4.78, 5) is 1.62. The van der Waals surface area contributed by atoms with Crippen molar-refractivity contribution >= 4 is 0 Å². The first-order valence-corrected chi connectivity index (χ1v) is 5.09. The van der Waals surface area contributed by atoms with Gasteiger partial charge in [-0.05, 0) is 6.42 Å². The first-order chi connectivity index (χ1) is 7.06. The summed E-state index contributed by atoms with van der Waals surface area (Å²) in [6.07, 6.45) is -2.42. The summed E-state index contributed by atoms with van der Waals surface area (Å²) in [6, 6.07) is -0.380. The molecule has 0 aromatic rings. The van der Waals surface area contributed by atoms with Gasteiger partial charge >= 0.3 is 0 Å². The average Bonchev–Trinajstić information content (AvgIpc) is 2.69. The van der Waals surface area contributed by atoms with Gasteiger partial charge in [-0.3, -0.25) is 4.90 Å². The van der Waals surface area contributed by atoms with Gasteiger partial charge in [0.2, 0.25) is 0 Å². The van der Waals surface area contributed by atoms with E-state index in [1.54, 1.807) is 4.90 Å². The molecular formula is C9H17NO5. The van der Waals surface area contributed by atoms with Crippen LogP contribution in [0.1, 0.15) is 6.42 Å². The van der Waals surface area contributed by atoms with Crippen molar-refractivity contribution in [2.24, 2.45) is 0 Å². The molecule has 2 fully saturated rings. The molecular weight excluding hydrogens is 202 g/mol. The maximum atomic E-state index is 9.81. The largest absolute Gasteiger partial charge is 0.394 e. The molecule has 0 aliphatic carbocycles. The Bertz CT molecular complexity index is 245. The zero-order valence-electron chi connectivity index (χ0n) is 8.32. The molecule has 0 spiro atoms. The van der Waals surface area contributed by atoms with Crippen molar-refractivity contribution in [1.82, 2.24) is 4.90 Å². The van der Waals surface area contributed by atoms with E-state index in [-0.39, 0.29) is 12.6 Å². The van der Waals surface area contributed by atoms with E-state index >= 15 is 0 Å². The van der Waals surface area contributed by atoms with Gasteiger partial charge in [-0.2, -0.15) is 0 Å². The third kappa shape index (κ3) is 1.33. The van der Waals surface area contributed by atoms with Gasteiger partial charge in [-0.1, -0.05) is 0 Å². The molecule has 6 heteroatoms. The number of β-amino-alcohol motifs (C(OH)–C–C–N with tert-alkyl or cyclic N) is 1. The van der Waals surface area contributed by atoms with Crippen LogP contribution in [0, 0.1) is 0 Å². The highest BCUT2D eigenvalue weighted by Gasteiger charge is 2.60. The van der Waals surface area contributed by atoms with Gasteiger partial charge in [0.1, 0.15) is 6.10 Å². The quantitative estimate of drug-likeness (QED) is 0.336. The van der Waals surface area contributed by atoms with Gasteiger partial charge in [-0.15, -0.1) is 0 Å². The van der Waals surface area contributed by atoms with Crippen molar-refractivity contribution in [1.29, 1.82) is 0 Å². The monoisotopic (exact) mass is 219 g/mol. The second-order valence-electron chi connectivity index (χ2n) is 4.46. The highest BCUT2D eigenvalue weighted by Crippen LogP contribution is 2.40. The van der Waals surface area contributed by atoms with E-state index < -0.39 is 37.1 Å². The summed E-state index contributed by atoms with van der Waals surface area (Å²) < 4.78 is 0. The molecule has 0 aromatic heterocycles. The van der Waals surface area contributed by atoms with E-state index in [9.17, 15) is 25.5 Å². The SMILES string of the molecule is OCC1(CO)[C@H](O)[C@H](O)[C@H]2C[C@@H](O)CN21. The summed E-state index contributed by atoms with van der Waals surface area (Å²) in [5.74, 6) is 0. The Balaban J connectivity index is 2.31. The number of fused-ring (bicyclic) bond motifs is 1. The number of rotatable bonds is 2. The molecule has 15 heavy (non-hydrogen) atoms. The van der Waals surface area contributed by atoms with Crippen molar-refractivity contribution in [3.05, 3.63) is 0 Å². The van der Waals surface area contributed by atoms with Gasteiger partial charge in [0.25, 0.3) is 0 Å². The van der Waals surface area contributed by atoms with Gasteiger partial charge in [0.15, 0.2) is 0 Å². The Morgan fingerprint density at radius 2 is 1.73 bits per heavy atom. The lowest BCUT2D eigenvalue weighted by Gasteiger charge is -2.36. The first kappa shape index (κ1) is 11.3. The van der Waals surface area contributed by atoms with Gasteiger partial charge in [-0.25, -0.2) is 0 Å². The second kappa shape index (κ2) is 3.65. The molecule has 6 nitrogen and oxygen atoms in total. The smallest absolute Gasteiger partial charge is 0.104 e. The lowest BCUT2D eigenvalue weighted by atomic mass is 9.92. The third-order valence-corrected chi connectivity index (χ3v) is 3.71. The number of nitrogens with zero attached hydrogens (tertiary/aromatic N) is 1. The van der Waals surface area contributed by atoms with Crippen molar-refractivity contribution in [3.63, 3.8) is 0 Å². The number of aliphatic hydroxyl groups is 5. The van der Waals surface area contributed by atoms with Crippen LogP contribution in [0.25, 0.3) is 0 Å². The predicted molar refractivity (Wildman–Crippen MR) is 50.0 cm³/mol. The maximum Gasteiger partial charge on any atom is 0.104 e. The summed E-state index contributed by atoms with van der Waals surface area (Å²) >= 11 is 0. The van der Waals surface area contributed by atoms with Crippen LogP contribution in [-0.4, -0.2) is 80.1 Å². The van der Waals surface area contributed by atoms with E-state index in [1.807, 2.05) is 0 Å². The first-order valence-electron chi connectivity index (χ1n) is 5.09. The fraction of sp³-hybridized carbons (Fsp3) is 1.00.